The van der Waals surface area contributed by atoms with Crippen LogP contribution in [0.15, 0.2) is 36.4 Å². The number of ether oxygens (including phenoxy) is 3. The number of carbonyl (C=O) groups is 2. The van der Waals surface area contributed by atoms with E-state index in [1.807, 2.05) is 64.1 Å². The number of hydrogen-bond acceptors (Lipinski definition) is 5. The topological polar surface area (TPSA) is 77.1 Å². The molecule has 2 aromatic carbocycles. The molecule has 0 radical (unpaired) electrons. The summed E-state index contributed by atoms with van der Waals surface area (Å²) in [5.41, 5.74) is 2.89. The van der Waals surface area contributed by atoms with Crippen LogP contribution in [0.2, 0.25) is 0 Å². The summed E-state index contributed by atoms with van der Waals surface area (Å²) in [6.07, 6.45) is 0.885. The molecule has 1 atom stereocenters. The van der Waals surface area contributed by atoms with Crippen LogP contribution in [0.4, 0.5) is 5.69 Å². The van der Waals surface area contributed by atoms with Gasteiger partial charge >= 0.3 is 0 Å². The smallest absolute Gasteiger partial charge is 0.227 e. The van der Waals surface area contributed by atoms with Crippen molar-refractivity contribution in [1.29, 1.82) is 0 Å². The lowest BCUT2D eigenvalue weighted by Gasteiger charge is -2.33. The normalized spacial score (nSPS) is 14.8. The fourth-order valence-corrected chi connectivity index (χ4v) is 3.82. The summed E-state index contributed by atoms with van der Waals surface area (Å²) in [6, 6.07) is 11.6. The van der Waals surface area contributed by atoms with E-state index in [2.05, 4.69) is 5.32 Å². The van der Waals surface area contributed by atoms with Crippen molar-refractivity contribution in [1.82, 2.24) is 5.32 Å². The Morgan fingerprint density at radius 2 is 1.82 bits per heavy atom. The predicted octanol–water partition coefficient (Wildman–Crippen LogP) is 4.05. The standard InChI is InChI=1S/C26H34N2O5/c1-5-31-23-10-8-20(16-24(23)32-6-2)13-14-27-25(29)11-12-26(30)28-17-19(4)33-22-9-7-18(3)15-21(22)28/h7-10,15-16,19H,5-6,11-14,17H2,1-4H3,(H,27,29)/t19-/m1/s1. The highest BCUT2D eigenvalue weighted by Crippen LogP contribution is 2.34. The summed E-state index contributed by atoms with van der Waals surface area (Å²) < 4.78 is 17.1. The van der Waals surface area contributed by atoms with Gasteiger partial charge in [0.2, 0.25) is 11.8 Å². The Hall–Kier alpha value is -3.22. The number of fused-ring (bicyclic) bond motifs is 1. The maximum Gasteiger partial charge on any atom is 0.227 e. The van der Waals surface area contributed by atoms with Crippen LogP contribution < -0.4 is 24.4 Å². The van der Waals surface area contributed by atoms with Gasteiger partial charge in [-0.25, -0.2) is 0 Å². The number of amides is 2. The Balaban J connectivity index is 1.49. The summed E-state index contributed by atoms with van der Waals surface area (Å²) >= 11 is 0. The summed E-state index contributed by atoms with van der Waals surface area (Å²) in [7, 11) is 0. The molecule has 1 aliphatic rings. The summed E-state index contributed by atoms with van der Waals surface area (Å²) in [5.74, 6) is 1.94. The number of aryl methyl sites for hydroxylation is 1. The molecule has 0 aromatic heterocycles. The van der Waals surface area contributed by atoms with Crippen molar-refractivity contribution in [2.45, 2.75) is 53.1 Å². The van der Waals surface area contributed by atoms with Gasteiger partial charge in [0.25, 0.3) is 0 Å². The van der Waals surface area contributed by atoms with E-state index in [0.29, 0.717) is 44.2 Å². The highest BCUT2D eigenvalue weighted by Gasteiger charge is 2.27. The maximum atomic E-state index is 12.9. The average molecular weight is 455 g/mol. The lowest BCUT2D eigenvalue weighted by atomic mass is 10.1. The molecular formula is C26H34N2O5. The molecule has 33 heavy (non-hydrogen) atoms. The van der Waals surface area contributed by atoms with E-state index in [-0.39, 0.29) is 30.8 Å². The van der Waals surface area contributed by atoms with Crippen LogP contribution in [0.5, 0.6) is 17.2 Å². The Kier molecular flexibility index (Phi) is 8.58. The number of nitrogens with zero attached hydrogens (tertiary/aromatic N) is 1. The maximum absolute atomic E-state index is 12.9. The molecule has 0 bridgehead atoms. The Labute approximate surface area is 196 Å². The van der Waals surface area contributed by atoms with Crippen LogP contribution in [0.25, 0.3) is 0 Å². The van der Waals surface area contributed by atoms with Crippen molar-refractivity contribution in [3.05, 3.63) is 47.5 Å². The Morgan fingerprint density at radius 1 is 1.06 bits per heavy atom. The molecule has 178 valence electrons. The molecule has 0 aliphatic carbocycles. The second-order valence-corrected chi connectivity index (χ2v) is 8.15. The van der Waals surface area contributed by atoms with Crippen molar-refractivity contribution in [2.75, 3.05) is 31.2 Å². The molecule has 1 N–H and O–H groups in total. The minimum Gasteiger partial charge on any atom is -0.490 e. The molecule has 3 rings (SSSR count). The van der Waals surface area contributed by atoms with Crippen LogP contribution in [0.1, 0.15) is 44.7 Å². The zero-order valence-electron chi connectivity index (χ0n) is 20.0. The second kappa shape index (κ2) is 11.6. The lowest BCUT2D eigenvalue weighted by Crippen LogP contribution is -2.42. The third kappa shape index (κ3) is 6.63. The van der Waals surface area contributed by atoms with Gasteiger partial charge in [0, 0.05) is 19.4 Å². The first-order chi connectivity index (χ1) is 15.9. The van der Waals surface area contributed by atoms with Gasteiger partial charge in [0.15, 0.2) is 11.5 Å². The first-order valence-electron chi connectivity index (χ1n) is 11.6. The van der Waals surface area contributed by atoms with Crippen LogP contribution in [-0.4, -0.2) is 44.2 Å². The zero-order valence-corrected chi connectivity index (χ0v) is 20.0. The van der Waals surface area contributed by atoms with Gasteiger partial charge in [0.1, 0.15) is 11.9 Å². The Morgan fingerprint density at radius 3 is 2.58 bits per heavy atom. The Bertz CT molecular complexity index is 975. The van der Waals surface area contributed by atoms with E-state index in [9.17, 15) is 9.59 Å². The zero-order chi connectivity index (χ0) is 23.8. The molecule has 1 aliphatic heterocycles. The fourth-order valence-electron chi connectivity index (χ4n) is 3.82. The third-order valence-corrected chi connectivity index (χ3v) is 5.38. The van der Waals surface area contributed by atoms with Crippen molar-refractivity contribution in [3.63, 3.8) is 0 Å². The van der Waals surface area contributed by atoms with E-state index in [1.54, 1.807) is 4.90 Å². The third-order valence-electron chi connectivity index (χ3n) is 5.38. The lowest BCUT2D eigenvalue weighted by molar-refractivity contribution is -0.125. The number of rotatable bonds is 10. The van der Waals surface area contributed by atoms with E-state index in [1.165, 1.54) is 0 Å². The van der Waals surface area contributed by atoms with Crippen molar-refractivity contribution in [2.24, 2.45) is 0 Å². The quantitative estimate of drug-likeness (QED) is 0.586. The summed E-state index contributed by atoms with van der Waals surface area (Å²) in [4.78, 5) is 26.9. The van der Waals surface area contributed by atoms with E-state index < -0.39 is 0 Å². The molecule has 2 amide bonds. The van der Waals surface area contributed by atoms with E-state index in [0.717, 1.165) is 22.6 Å². The van der Waals surface area contributed by atoms with Crippen LogP contribution in [0, 0.1) is 6.92 Å². The summed E-state index contributed by atoms with van der Waals surface area (Å²) in [5, 5.41) is 2.91. The van der Waals surface area contributed by atoms with Crippen molar-refractivity contribution < 1.29 is 23.8 Å². The minimum atomic E-state index is -0.134. The van der Waals surface area contributed by atoms with Gasteiger partial charge in [-0.05, 0) is 69.5 Å². The minimum absolute atomic E-state index is 0.0694. The number of carbonyl (C=O) groups excluding carboxylic acids is 2. The van der Waals surface area contributed by atoms with Crippen LogP contribution >= 0.6 is 0 Å². The molecule has 0 saturated carbocycles. The van der Waals surface area contributed by atoms with Gasteiger partial charge < -0.3 is 24.4 Å². The van der Waals surface area contributed by atoms with E-state index >= 15 is 0 Å². The molecule has 7 nitrogen and oxygen atoms in total. The molecule has 2 aromatic rings. The SMILES string of the molecule is CCOc1ccc(CCNC(=O)CCC(=O)N2C[C@@H](C)Oc3ccc(C)cc32)cc1OCC. The van der Waals surface area contributed by atoms with Crippen molar-refractivity contribution in [3.8, 4) is 17.2 Å². The molecular weight excluding hydrogens is 420 g/mol. The molecule has 0 fully saturated rings. The second-order valence-electron chi connectivity index (χ2n) is 8.15. The average Bonchev–Trinajstić information content (AvgIpc) is 2.79. The van der Waals surface area contributed by atoms with Crippen LogP contribution in [-0.2, 0) is 16.0 Å². The van der Waals surface area contributed by atoms with Gasteiger partial charge in [-0.15, -0.1) is 0 Å². The monoisotopic (exact) mass is 454 g/mol. The molecule has 7 heteroatoms. The van der Waals surface area contributed by atoms with Gasteiger partial charge in [-0.3, -0.25) is 9.59 Å². The first kappa shape index (κ1) is 24.4. The molecule has 0 unspecified atom stereocenters. The molecule has 0 saturated heterocycles. The molecule has 1 heterocycles. The molecule has 0 spiro atoms. The van der Waals surface area contributed by atoms with Gasteiger partial charge in [-0.1, -0.05) is 12.1 Å². The highest BCUT2D eigenvalue weighted by atomic mass is 16.5. The number of hydrogen-bond donors (Lipinski definition) is 1. The highest BCUT2D eigenvalue weighted by molar-refractivity contribution is 5.97. The fraction of sp³-hybridized carbons (Fsp3) is 0.462. The predicted molar refractivity (Wildman–Crippen MR) is 128 cm³/mol. The first-order valence-corrected chi connectivity index (χ1v) is 11.6. The van der Waals surface area contributed by atoms with Gasteiger partial charge in [-0.2, -0.15) is 0 Å². The van der Waals surface area contributed by atoms with Crippen LogP contribution in [0.3, 0.4) is 0 Å². The number of nitrogens with one attached hydrogen (secondary N) is 1. The van der Waals surface area contributed by atoms with Gasteiger partial charge in [0.05, 0.1) is 25.4 Å². The van der Waals surface area contributed by atoms with Crippen molar-refractivity contribution >= 4 is 17.5 Å². The summed E-state index contributed by atoms with van der Waals surface area (Å²) in [6.45, 7) is 9.89. The van der Waals surface area contributed by atoms with E-state index in [4.69, 9.17) is 14.2 Å². The largest absolute Gasteiger partial charge is 0.490 e. The number of benzene rings is 2. The number of anilines is 1.